The fourth-order valence-corrected chi connectivity index (χ4v) is 2.82. The fourth-order valence-electron chi connectivity index (χ4n) is 2.82. The van der Waals surface area contributed by atoms with Crippen molar-refractivity contribution < 1.29 is 9.53 Å². The molecule has 1 aromatic carbocycles. The molecule has 110 valence electrons. The molecule has 22 heavy (non-hydrogen) atoms. The summed E-state index contributed by atoms with van der Waals surface area (Å²) in [4.78, 5) is 20.8. The molecule has 2 aromatic heterocycles. The Bertz CT molecular complexity index is 854. The van der Waals surface area contributed by atoms with E-state index in [1.165, 1.54) is 0 Å². The van der Waals surface area contributed by atoms with Gasteiger partial charge in [-0.25, -0.2) is 14.3 Å². The van der Waals surface area contributed by atoms with Crippen molar-refractivity contribution in [2.24, 2.45) is 0 Å². The molecule has 0 aliphatic carbocycles. The molecule has 1 amide bonds. The molecule has 1 unspecified atom stereocenters. The number of nitrogens with one attached hydrogen (secondary N) is 1. The molecular weight excluding hydrogens is 280 g/mol. The van der Waals surface area contributed by atoms with Gasteiger partial charge in [-0.3, -0.25) is 4.98 Å². The van der Waals surface area contributed by atoms with Crippen LogP contribution in [0.2, 0.25) is 0 Å². The minimum atomic E-state index is -0.137. The Morgan fingerprint density at radius 3 is 2.86 bits per heavy atom. The van der Waals surface area contributed by atoms with Crippen LogP contribution in [0.4, 0.5) is 4.79 Å². The zero-order valence-electron chi connectivity index (χ0n) is 12.0. The number of hydrogen-bond acceptors (Lipinski definition) is 4. The number of aromatic nitrogens is 3. The molecule has 1 N–H and O–H groups in total. The summed E-state index contributed by atoms with van der Waals surface area (Å²) in [5.74, 6) is 1.56. The smallest absolute Gasteiger partial charge is 0.328 e. The van der Waals surface area contributed by atoms with E-state index in [1.807, 2.05) is 24.3 Å². The summed E-state index contributed by atoms with van der Waals surface area (Å²) >= 11 is 0. The van der Waals surface area contributed by atoms with E-state index in [4.69, 9.17) is 4.74 Å². The van der Waals surface area contributed by atoms with Crippen LogP contribution in [0.3, 0.4) is 0 Å². The fraction of sp³-hybridized carbons (Fsp3) is 0.188. The Labute approximate surface area is 126 Å². The van der Waals surface area contributed by atoms with Crippen molar-refractivity contribution in [2.75, 3.05) is 7.11 Å². The standard InChI is InChI=1S/C16H14N4O2/c1-22-11-4-2-10(3-5-11)8-12-15-18-13-9-17-7-6-14(13)20(15)16(21)19-12/h2-7,9,12H,8H2,1H3,(H,19,21). The van der Waals surface area contributed by atoms with E-state index in [-0.39, 0.29) is 12.1 Å². The van der Waals surface area contributed by atoms with E-state index in [0.29, 0.717) is 6.42 Å². The number of amides is 1. The average molecular weight is 294 g/mol. The highest BCUT2D eigenvalue weighted by Crippen LogP contribution is 2.28. The highest BCUT2D eigenvalue weighted by atomic mass is 16.5. The number of carbonyl (C=O) groups excluding carboxylic acids is 1. The zero-order chi connectivity index (χ0) is 15.1. The molecule has 0 bridgehead atoms. The summed E-state index contributed by atoms with van der Waals surface area (Å²) in [6, 6.07) is 9.37. The Kier molecular flexibility index (Phi) is 2.82. The van der Waals surface area contributed by atoms with Crippen LogP contribution in [0.1, 0.15) is 17.4 Å². The van der Waals surface area contributed by atoms with E-state index in [0.717, 1.165) is 28.2 Å². The lowest BCUT2D eigenvalue weighted by molar-refractivity contribution is 0.245. The normalized spacial score (nSPS) is 16.6. The van der Waals surface area contributed by atoms with Gasteiger partial charge in [0.25, 0.3) is 0 Å². The summed E-state index contributed by atoms with van der Waals surface area (Å²) in [5.41, 5.74) is 2.65. The van der Waals surface area contributed by atoms with Gasteiger partial charge in [-0.05, 0) is 30.2 Å². The lowest BCUT2D eigenvalue weighted by Gasteiger charge is -2.09. The van der Waals surface area contributed by atoms with E-state index < -0.39 is 0 Å². The highest BCUT2D eigenvalue weighted by Gasteiger charge is 2.32. The quantitative estimate of drug-likeness (QED) is 0.804. The molecule has 1 atom stereocenters. The third-order valence-electron chi connectivity index (χ3n) is 3.89. The number of nitrogens with zero attached hydrogens (tertiary/aromatic N) is 3. The van der Waals surface area contributed by atoms with Gasteiger partial charge >= 0.3 is 6.03 Å². The van der Waals surface area contributed by atoms with E-state index >= 15 is 0 Å². The molecule has 6 heteroatoms. The third kappa shape index (κ3) is 1.92. The van der Waals surface area contributed by atoms with Crippen molar-refractivity contribution in [1.29, 1.82) is 0 Å². The molecule has 0 saturated carbocycles. The molecule has 0 spiro atoms. The highest BCUT2D eigenvalue weighted by molar-refractivity contribution is 5.92. The first-order valence-electron chi connectivity index (χ1n) is 7.02. The summed E-state index contributed by atoms with van der Waals surface area (Å²) in [6.45, 7) is 0. The van der Waals surface area contributed by atoms with E-state index in [1.54, 1.807) is 30.1 Å². The number of fused-ring (bicyclic) bond motifs is 3. The first kappa shape index (κ1) is 12.8. The van der Waals surface area contributed by atoms with Gasteiger partial charge in [-0.15, -0.1) is 0 Å². The first-order valence-corrected chi connectivity index (χ1v) is 7.02. The molecule has 3 aromatic rings. The number of methoxy groups -OCH3 is 1. The zero-order valence-corrected chi connectivity index (χ0v) is 12.0. The molecule has 1 aliphatic heterocycles. The van der Waals surface area contributed by atoms with Crippen LogP contribution >= 0.6 is 0 Å². The molecule has 0 saturated heterocycles. The molecule has 1 aliphatic rings. The average Bonchev–Trinajstić information content (AvgIpc) is 3.07. The number of pyridine rings is 1. The van der Waals surface area contributed by atoms with Crippen LogP contribution in [0.25, 0.3) is 11.0 Å². The van der Waals surface area contributed by atoms with Crippen LogP contribution in [-0.4, -0.2) is 27.7 Å². The minimum absolute atomic E-state index is 0.131. The maximum Gasteiger partial charge on any atom is 0.328 e. The summed E-state index contributed by atoms with van der Waals surface area (Å²) in [5, 5.41) is 2.98. The molecule has 0 radical (unpaired) electrons. The number of carbonyl (C=O) groups is 1. The lowest BCUT2D eigenvalue weighted by atomic mass is 10.1. The van der Waals surface area contributed by atoms with Crippen LogP contribution in [0, 0.1) is 0 Å². The Balaban J connectivity index is 1.69. The van der Waals surface area contributed by atoms with Gasteiger partial charge in [-0.2, -0.15) is 0 Å². The second-order valence-electron chi connectivity index (χ2n) is 5.22. The number of rotatable bonds is 3. The number of ether oxygens (including phenoxy) is 1. The van der Waals surface area contributed by atoms with Crippen LogP contribution in [0.15, 0.2) is 42.7 Å². The van der Waals surface area contributed by atoms with E-state index in [9.17, 15) is 4.79 Å². The lowest BCUT2D eigenvalue weighted by Crippen LogP contribution is -2.22. The van der Waals surface area contributed by atoms with Gasteiger partial charge in [0.2, 0.25) is 0 Å². The van der Waals surface area contributed by atoms with Crippen molar-refractivity contribution >= 4 is 17.1 Å². The Morgan fingerprint density at radius 1 is 1.27 bits per heavy atom. The SMILES string of the molecule is COc1ccc(CC2NC(=O)n3c2nc2cnccc23)cc1. The minimum Gasteiger partial charge on any atom is -0.497 e. The van der Waals surface area contributed by atoms with Crippen LogP contribution in [-0.2, 0) is 6.42 Å². The van der Waals surface area contributed by atoms with Crippen molar-refractivity contribution in [1.82, 2.24) is 19.9 Å². The van der Waals surface area contributed by atoms with Gasteiger partial charge in [0.15, 0.2) is 0 Å². The number of imidazole rings is 1. The Morgan fingerprint density at radius 2 is 2.09 bits per heavy atom. The van der Waals surface area contributed by atoms with Crippen molar-refractivity contribution in [3.05, 3.63) is 54.1 Å². The van der Waals surface area contributed by atoms with Crippen LogP contribution in [0.5, 0.6) is 5.75 Å². The predicted octanol–water partition coefficient (Wildman–Crippen LogP) is 2.29. The van der Waals surface area contributed by atoms with Gasteiger partial charge in [0, 0.05) is 6.20 Å². The van der Waals surface area contributed by atoms with E-state index in [2.05, 4.69) is 15.3 Å². The second kappa shape index (κ2) is 4.84. The molecular formula is C16H14N4O2. The van der Waals surface area contributed by atoms with Crippen molar-refractivity contribution in [3.8, 4) is 5.75 Å². The number of hydrogen-bond donors (Lipinski definition) is 1. The molecule has 3 heterocycles. The molecule has 6 nitrogen and oxygen atoms in total. The predicted molar refractivity (Wildman–Crippen MR) is 80.9 cm³/mol. The van der Waals surface area contributed by atoms with Gasteiger partial charge in [-0.1, -0.05) is 12.1 Å². The maximum atomic E-state index is 12.2. The topological polar surface area (TPSA) is 69.0 Å². The van der Waals surface area contributed by atoms with Gasteiger partial charge in [0.1, 0.15) is 17.1 Å². The monoisotopic (exact) mass is 294 g/mol. The van der Waals surface area contributed by atoms with Gasteiger partial charge < -0.3 is 10.1 Å². The number of benzene rings is 1. The largest absolute Gasteiger partial charge is 0.497 e. The maximum absolute atomic E-state index is 12.2. The third-order valence-corrected chi connectivity index (χ3v) is 3.89. The summed E-state index contributed by atoms with van der Waals surface area (Å²) in [7, 11) is 1.64. The molecule has 0 fully saturated rings. The van der Waals surface area contributed by atoms with Crippen molar-refractivity contribution in [3.63, 3.8) is 0 Å². The second-order valence-corrected chi connectivity index (χ2v) is 5.22. The van der Waals surface area contributed by atoms with Crippen LogP contribution < -0.4 is 10.1 Å². The summed E-state index contributed by atoms with van der Waals surface area (Å²) in [6.07, 6.45) is 4.03. The summed E-state index contributed by atoms with van der Waals surface area (Å²) < 4.78 is 6.79. The van der Waals surface area contributed by atoms with Gasteiger partial charge in [0.05, 0.1) is 24.9 Å². The molecule has 4 rings (SSSR count). The Hall–Kier alpha value is -2.89. The first-order chi connectivity index (χ1) is 10.8. The van der Waals surface area contributed by atoms with Crippen molar-refractivity contribution in [2.45, 2.75) is 12.5 Å².